The Labute approximate surface area is 413 Å². The number of ether oxygens (including phenoxy) is 3. The molecule has 2 aromatic heterocycles. The smallest absolute Gasteiger partial charge is 0.427 e. The number of hydrogen-bond acceptors (Lipinski definition) is 14. The molecule has 2 fully saturated rings. The van der Waals surface area contributed by atoms with E-state index in [0.29, 0.717) is 75.1 Å². The van der Waals surface area contributed by atoms with Crippen LogP contribution in [0, 0.1) is 15.5 Å². The van der Waals surface area contributed by atoms with E-state index in [1.165, 1.54) is 22.1 Å². The SMILES string of the molecule is CC1(C)CCC(CN2CCN(c3ccc(C(=O)NS(=O)(=O)c4cc5c(c([N+](=O)[O-])c4)N[C@H](CN4CCOCC4)CO5)c(N4C[C@@H](C(F)(F)F)Oc5nc6[nH]ccc6cc54)c3)CC2)=C(c2ccc(Cl)cc2)C1. The maximum Gasteiger partial charge on any atom is 0.427 e. The number of halogens is 4. The van der Waals surface area contributed by atoms with E-state index in [0.717, 1.165) is 43.5 Å². The average molecular weight is 1020 g/mol. The summed E-state index contributed by atoms with van der Waals surface area (Å²) in [6, 6.07) is 17.5. The Kier molecular flexibility index (Phi) is 13.1. The summed E-state index contributed by atoms with van der Waals surface area (Å²) >= 11 is 6.25. The zero-order valence-corrected chi connectivity index (χ0v) is 40.6. The Hall–Kier alpha value is -6.13. The number of morpholine rings is 1. The minimum Gasteiger partial charge on any atom is -0.489 e. The van der Waals surface area contributed by atoms with Crippen LogP contribution in [0.4, 0.5) is 41.6 Å². The molecule has 5 aliphatic rings. The van der Waals surface area contributed by atoms with Crippen molar-refractivity contribution in [2.75, 3.05) is 93.8 Å². The molecule has 1 aliphatic carbocycles. The Bertz CT molecular complexity index is 3010. The van der Waals surface area contributed by atoms with Crippen LogP contribution in [-0.2, 0) is 14.8 Å². The largest absolute Gasteiger partial charge is 0.489 e. The fourth-order valence-electron chi connectivity index (χ4n) is 10.1. The number of amides is 1. The molecule has 5 aromatic rings. The molecule has 2 atom stereocenters. The second-order valence-electron chi connectivity index (χ2n) is 19.5. The van der Waals surface area contributed by atoms with Crippen LogP contribution < -0.4 is 29.3 Å². The van der Waals surface area contributed by atoms with E-state index < -0.39 is 50.3 Å². The lowest BCUT2D eigenvalue weighted by Crippen LogP contribution is -2.48. The van der Waals surface area contributed by atoms with Crippen molar-refractivity contribution in [3.8, 4) is 11.6 Å². The van der Waals surface area contributed by atoms with Crippen LogP contribution in [0.1, 0.15) is 49.0 Å². The van der Waals surface area contributed by atoms with E-state index in [-0.39, 0.29) is 58.0 Å². The van der Waals surface area contributed by atoms with Crippen molar-refractivity contribution in [2.45, 2.75) is 56.3 Å². The molecule has 2 saturated heterocycles. The van der Waals surface area contributed by atoms with Crippen molar-refractivity contribution in [3.05, 3.63) is 105 Å². The van der Waals surface area contributed by atoms with Gasteiger partial charge in [-0.2, -0.15) is 18.2 Å². The minimum absolute atomic E-state index is 0.00311. The van der Waals surface area contributed by atoms with Crippen molar-refractivity contribution >= 4 is 72.6 Å². The summed E-state index contributed by atoms with van der Waals surface area (Å²) < 4.78 is 91.2. The van der Waals surface area contributed by atoms with Gasteiger partial charge in [0.1, 0.15) is 17.9 Å². The molecule has 71 heavy (non-hydrogen) atoms. The number of sulfonamides is 1. The molecular formula is C49H53ClF3N9O8S. The van der Waals surface area contributed by atoms with E-state index in [1.807, 2.05) is 16.9 Å². The summed E-state index contributed by atoms with van der Waals surface area (Å²) in [7, 11) is -4.88. The molecule has 4 aliphatic heterocycles. The molecule has 1 amide bonds. The average Bonchev–Trinajstić information content (AvgIpc) is 3.80. The highest BCUT2D eigenvalue weighted by molar-refractivity contribution is 7.90. The summed E-state index contributed by atoms with van der Waals surface area (Å²) in [5.41, 5.74) is 4.11. The number of H-pyrrole nitrogens is 1. The molecule has 3 aromatic carbocycles. The number of carbonyl (C=O) groups is 1. The zero-order chi connectivity index (χ0) is 49.8. The van der Waals surface area contributed by atoms with Gasteiger partial charge < -0.3 is 34.3 Å². The quantitative estimate of drug-likeness (QED) is 0.0853. The predicted molar refractivity (Wildman–Crippen MR) is 263 cm³/mol. The second kappa shape index (κ2) is 19.1. The molecule has 6 heterocycles. The molecule has 0 unspecified atom stereocenters. The molecule has 10 rings (SSSR count). The first-order valence-electron chi connectivity index (χ1n) is 23.5. The fraction of sp³-hybridized carbons (Fsp3) is 0.429. The number of rotatable bonds is 11. The molecule has 0 bridgehead atoms. The van der Waals surface area contributed by atoms with Crippen molar-refractivity contribution < 1.29 is 45.5 Å². The van der Waals surface area contributed by atoms with Crippen LogP contribution in [0.2, 0.25) is 5.02 Å². The van der Waals surface area contributed by atoms with Gasteiger partial charge in [0.15, 0.2) is 11.4 Å². The summed E-state index contributed by atoms with van der Waals surface area (Å²) in [4.78, 5) is 40.7. The number of fused-ring (bicyclic) bond motifs is 3. The predicted octanol–water partition coefficient (Wildman–Crippen LogP) is 8.00. The minimum atomic E-state index is -4.88. The molecule has 22 heteroatoms. The molecule has 376 valence electrons. The number of benzene rings is 3. The molecule has 0 saturated carbocycles. The fourth-order valence-corrected chi connectivity index (χ4v) is 11.2. The number of piperazine rings is 1. The lowest BCUT2D eigenvalue weighted by molar-refractivity contribution is -0.384. The first-order valence-corrected chi connectivity index (χ1v) is 25.4. The van der Waals surface area contributed by atoms with E-state index in [2.05, 4.69) is 56.0 Å². The highest BCUT2D eigenvalue weighted by Crippen LogP contribution is 2.46. The van der Waals surface area contributed by atoms with Crippen molar-refractivity contribution in [1.29, 1.82) is 0 Å². The topological polar surface area (TPSA) is 188 Å². The normalized spacial score (nSPS) is 20.9. The second-order valence-corrected chi connectivity index (χ2v) is 21.6. The number of aromatic amines is 1. The molecule has 3 N–H and O–H groups in total. The van der Waals surface area contributed by atoms with Gasteiger partial charge in [0, 0.05) is 86.8 Å². The van der Waals surface area contributed by atoms with Gasteiger partial charge >= 0.3 is 6.18 Å². The summed E-state index contributed by atoms with van der Waals surface area (Å²) in [6.45, 7) is 10.0. The van der Waals surface area contributed by atoms with Gasteiger partial charge in [-0.1, -0.05) is 43.2 Å². The van der Waals surface area contributed by atoms with Gasteiger partial charge in [0.25, 0.3) is 21.6 Å². The van der Waals surface area contributed by atoms with Crippen molar-refractivity contribution in [1.82, 2.24) is 24.5 Å². The summed E-state index contributed by atoms with van der Waals surface area (Å²) in [5.74, 6) is -1.62. The van der Waals surface area contributed by atoms with Gasteiger partial charge in [-0.25, -0.2) is 13.1 Å². The van der Waals surface area contributed by atoms with Gasteiger partial charge in [-0.15, -0.1) is 0 Å². The number of nitrogens with zero attached hydrogens (tertiary/aromatic N) is 6. The highest BCUT2D eigenvalue weighted by atomic mass is 35.5. The number of allylic oxidation sites excluding steroid dienone is 1. The van der Waals surface area contributed by atoms with Crippen LogP contribution >= 0.6 is 11.6 Å². The molecule has 0 spiro atoms. The summed E-state index contributed by atoms with van der Waals surface area (Å²) in [6.07, 6.45) is -2.70. The Morgan fingerprint density at radius 3 is 2.48 bits per heavy atom. The molecule has 0 radical (unpaired) electrons. The monoisotopic (exact) mass is 1020 g/mol. The summed E-state index contributed by atoms with van der Waals surface area (Å²) in [5, 5.41) is 16.8. The van der Waals surface area contributed by atoms with Crippen LogP contribution in [0.5, 0.6) is 11.6 Å². The van der Waals surface area contributed by atoms with Gasteiger partial charge in [-0.05, 0) is 78.3 Å². The number of aromatic nitrogens is 2. The van der Waals surface area contributed by atoms with Gasteiger partial charge in [-0.3, -0.25) is 24.7 Å². The van der Waals surface area contributed by atoms with Crippen LogP contribution in [0.3, 0.4) is 0 Å². The van der Waals surface area contributed by atoms with Crippen LogP contribution in [0.15, 0.2) is 83.4 Å². The first-order chi connectivity index (χ1) is 33.9. The van der Waals surface area contributed by atoms with E-state index in [9.17, 15) is 36.5 Å². The number of anilines is 4. The number of carbonyl (C=O) groups excluding carboxylic acids is 1. The number of hydrogen-bond donors (Lipinski definition) is 3. The van der Waals surface area contributed by atoms with Crippen molar-refractivity contribution in [2.24, 2.45) is 5.41 Å². The Morgan fingerprint density at radius 2 is 1.75 bits per heavy atom. The number of pyridine rings is 1. The van der Waals surface area contributed by atoms with E-state index in [1.54, 1.807) is 30.5 Å². The Morgan fingerprint density at radius 1 is 0.986 bits per heavy atom. The van der Waals surface area contributed by atoms with Crippen LogP contribution in [-0.4, -0.2) is 136 Å². The lowest BCUT2D eigenvalue weighted by Gasteiger charge is -2.40. The van der Waals surface area contributed by atoms with E-state index in [4.69, 9.17) is 25.8 Å². The van der Waals surface area contributed by atoms with Gasteiger partial charge in [0.2, 0.25) is 12.0 Å². The lowest BCUT2D eigenvalue weighted by atomic mass is 9.72. The number of alkyl halides is 3. The standard InChI is InChI=1S/C49H53ClF3N9O8S/c1-48(2)11-9-32(38(25-48)30-3-5-33(50)6-4-30)26-58-13-15-60(16-14-58)35-7-8-37(39(22-35)61-28-43(49(51,52)53)70-47-41(61)21-31-10-12-54-45(31)56-47)46(63)57-71(66,67)36-23-40(62(64)65)44-42(24-36)69-29-34(55-44)27-59-17-19-68-20-18-59/h3-8,10,12,21-24,34,43,55H,9,11,13-20,25-29H2,1-2H3,(H,54,56)(H,57,63)/t34-,43+/m1/s1. The zero-order valence-electron chi connectivity index (χ0n) is 39.1. The van der Waals surface area contributed by atoms with Crippen molar-refractivity contribution in [3.63, 3.8) is 0 Å². The number of nitro benzene ring substituents is 1. The number of nitrogens with one attached hydrogen (secondary N) is 3. The van der Waals surface area contributed by atoms with Crippen LogP contribution in [0.25, 0.3) is 16.6 Å². The third-order valence-electron chi connectivity index (χ3n) is 13.9. The maximum atomic E-state index is 14.7. The van der Waals surface area contributed by atoms with E-state index >= 15 is 0 Å². The molecule has 17 nitrogen and oxygen atoms in total. The Balaban J connectivity index is 0.952. The maximum absolute atomic E-state index is 14.7. The molecular weight excluding hydrogens is 967 g/mol. The first kappa shape index (κ1) is 48.5. The highest BCUT2D eigenvalue weighted by Gasteiger charge is 2.47. The third kappa shape index (κ3) is 10.3. The van der Waals surface area contributed by atoms with Gasteiger partial charge in [0.05, 0.1) is 46.9 Å². The third-order valence-corrected chi connectivity index (χ3v) is 15.5. The number of nitro groups is 1.